The van der Waals surface area contributed by atoms with Gasteiger partial charge in [0, 0.05) is 5.56 Å². The standard InChI is InChI=1S/C35H61O10P/c1-21(2)12-9-13-22(3)14-10-15-23(4)16-11-18-35(8)19-17-27-26(7)30(24(5)25(6)31(27)43-35)44-46(40,41)45-33-29(38)34(39)42-32(33)28(37)20-36/h21-23,28-29,32-34,36-39H,9-20H2,1-8H3,(H,40,41)/t22?,23?,28-,29-,32-,33-,34+,35?/m1/s1. The van der Waals surface area contributed by atoms with Gasteiger partial charge in [-0.25, -0.2) is 4.57 Å². The van der Waals surface area contributed by atoms with Crippen LogP contribution in [0.15, 0.2) is 0 Å². The Morgan fingerprint density at radius 1 is 0.935 bits per heavy atom. The van der Waals surface area contributed by atoms with Gasteiger partial charge in [0.2, 0.25) is 0 Å². The topological polar surface area (TPSA) is 155 Å². The number of fused-ring (bicyclic) bond motifs is 1. The average molecular weight is 673 g/mol. The second kappa shape index (κ2) is 16.9. The van der Waals surface area contributed by atoms with Crippen LogP contribution in [0.5, 0.6) is 11.5 Å². The fraction of sp³-hybridized carbons (Fsp3) is 0.829. The van der Waals surface area contributed by atoms with Crippen LogP contribution in [-0.4, -0.2) is 68.2 Å². The van der Waals surface area contributed by atoms with Gasteiger partial charge in [-0.1, -0.05) is 72.6 Å². The molecule has 46 heavy (non-hydrogen) atoms. The fourth-order valence-electron chi connectivity index (χ4n) is 6.90. The van der Waals surface area contributed by atoms with E-state index in [1.165, 1.54) is 44.9 Å². The van der Waals surface area contributed by atoms with Crippen molar-refractivity contribution in [1.29, 1.82) is 0 Å². The van der Waals surface area contributed by atoms with Crippen molar-refractivity contribution in [2.75, 3.05) is 6.61 Å². The summed E-state index contributed by atoms with van der Waals surface area (Å²) in [6.45, 7) is 16.3. The van der Waals surface area contributed by atoms with E-state index in [0.717, 1.165) is 54.4 Å². The molecule has 0 amide bonds. The second-order valence-electron chi connectivity index (χ2n) is 14.8. The number of ether oxygens (including phenoxy) is 2. The zero-order valence-corrected chi connectivity index (χ0v) is 30.2. The highest BCUT2D eigenvalue weighted by Crippen LogP contribution is 2.52. The van der Waals surface area contributed by atoms with Crippen LogP contribution in [0.1, 0.15) is 121 Å². The first-order chi connectivity index (χ1) is 21.5. The highest BCUT2D eigenvalue weighted by Gasteiger charge is 2.50. The molecule has 10 nitrogen and oxygen atoms in total. The first kappa shape index (κ1) is 39.2. The molecule has 266 valence electrons. The van der Waals surface area contributed by atoms with Gasteiger partial charge in [0.15, 0.2) is 6.29 Å². The molecule has 0 aromatic heterocycles. The SMILES string of the molecule is Cc1c(C)c2c(c(C)c1OP(=O)(O)O[C@@H]1[C@@H](O)[C@@H](O)O[C@@H]1[C@H](O)CO)CCC(C)(CCCC(C)CCCC(C)CCCC(C)C)O2. The van der Waals surface area contributed by atoms with Crippen LogP contribution >= 0.6 is 7.82 Å². The number of phosphoric acid groups is 1. The fourth-order valence-corrected chi connectivity index (χ4v) is 8.00. The minimum absolute atomic E-state index is 0.186. The van der Waals surface area contributed by atoms with Crippen molar-refractivity contribution in [3.05, 3.63) is 22.3 Å². The first-order valence-corrected chi connectivity index (χ1v) is 18.8. The Kier molecular flexibility index (Phi) is 14.4. The molecular weight excluding hydrogens is 611 g/mol. The third kappa shape index (κ3) is 10.4. The maximum Gasteiger partial charge on any atom is 0.527 e. The molecule has 0 aliphatic carbocycles. The van der Waals surface area contributed by atoms with Crippen molar-refractivity contribution < 1.29 is 48.4 Å². The van der Waals surface area contributed by atoms with Crippen LogP contribution < -0.4 is 9.26 Å². The summed E-state index contributed by atoms with van der Waals surface area (Å²) < 4.78 is 35.7. The molecule has 0 radical (unpaired) electrons. The van der Waals surface area contributed by atoms with E-state index < -0.39 is 45.1 Å². The largest absolute Gasteiger partial charge is 0.527 e. The Balaban J connectivity index is 1.58. The second-order valence-corrected chi connectivity index (χ2v) is 16.1. The zero-order chi connectivity index (χ0) is 34.4. The Bertz CT molecular complexity index is 1170. The molecule has 1 saturated heterocycles. The number of hydrogen-bond acceptors (Lipinski definition) is 9. The molecule has 0 saturated carbocycles. The van der Waals surface area contributed by atoms with E-state index in [0.29, 0.717) is 17.0 Å². The number of rotatable bonds is 18. The van der Waals surface area contributed by atoms with Crippen LogP contribution in [0, 0.1) is 38.5 Å². The lowest BCUT2D eigenvalue weighted by Gasteiger charge is -2.38. The molecule has 3 rings (SSSR count). The van der Waals surface area contributed by atoms with Gasteiger partial charge in [0.05, 0.1) is 6.61 Å². The molecule has 1 aromatic carbocycles. The van der Waals surface area contributed by atoms with Gasteiger partial charge in [-0.3, -0.25) is 9.42 Å². The van der Waals surface area contributed by atoms with Crippen molar-refractivity contribution >= 4 is 7.82 Å². The van der Waals surface area contributed by atoms with Crippen LogP contribution in [0.2, 0.25) is 0 Å². The zero-order valence-electron chi connectivity index (χ0n) is 29.3. The molecule has 0 bridgehead atoms. The van der Waals surface area contributed by atoms with E-state index in [1.807, 2.05) is 13.8 Å². The number of phosphoric ester groups is 1. The molecule has 9 atom stereocenters. The van der Waals surface area contributed by atoms with Gasteiger partial charge in [-0.05, 0) is 87.8 Å². The number of aliphatic hydroxyl groups excluding tert-OH is 4. The van der Waals surface area contributed by atoms with E-state index in [-0.39, 0.29) is 11.4 Å². The molecule has 1 fully saturated rings. The summed E-state index contributed by atoms with van der Waals surface area (Å²) in [6, 6.07) is 0. The molecule has 4 unspecified atom stereocenters. The Labute approximate surface area is 276 Å². The predicted octanol–water partition coefficient (Wildman–Crippen LogP) is 6.43. The molecule has 2 heterocycles. The lowest BCUT2D eigenvalue weighted by molar-refractivity contribution is -0.150. The van der Waals surface area contributed by atoms with Gasteiger partial charge < -0.3 is 34.4 Å². The molecule has 5 N–H and O–H groups in total. The lowest BCUT2D eigenvalue weighted by Crippen LogP contribution is -2.42. The maximum atomic E-state index is 13.2. The monoisotopic (exact) mass is 672 g/mol. The molecular formula is C35H61O10P. The molecule has 2 aliphatic rings. The molecule has 11 heteroatoms. The Hall–Kier alpha value is -1.23. The van der Waals surface area contributed by atoms with Crippen LogP contribution in [0.25, 0.3) is 0 Å². The average Bonchev–Trinajstić information content (AvgIpc) is 3.25. The minimum Gasteiger partial charge on any atom is -0.487 e. The van der Waals surface area contributed by atoms with Crippen molar-refractivity contribution in [3.8, 4) is 11.5 Å². The van der Waals surface area contributed by atoms with E-state index in [2.05, 4.69) is 34.6 Å². The van der Waals surface area contributed by atoms with Crippen LogP contribution in [0.3, 0.4) is 0 Å². The quantitative estimate of drug-likeness (QED) is 0.110. The third-order valence-electron chi connectivity index (χ3n) is 10.1. The van der Waals surface area contributed by atoms with Crippen LogP contribution in [0.4, 0.5) is 0 Å². The van der Waals surface area contributed by atoms with Gasteiger partial charge in [0.25, 0.3) is 0 Å². The summed E-state index contributed by atoms with van der Waals surface area (Å²) in [7, 11) is -4.88. The van der Waals surface area contributed by atoms with Crippen molar-refractivity contribution in [1.82, 2.24) is 0 Å². The highest BCUT2D eigenvalue weighted by atomic mass is 31.2. The Morgan fingerprint density at radius 2 is 1.52 bits per heavy atom. The summed E-state index contributed by atoms with van der Waals surface area (Å²) >= 11 is 0. The van der Waals surface area contributed by atoms with Crippen molar-refractivity contribution in [2.24, 2.45) is 17.8 Å². The van der Waals surface area contributed by atoms with Crippen molar-refractivity contribution in [3.63, 3.8) is 0 Å². The number of benzene rings is 1. The van der Waals surface area contributed by atoms with E-state index in [9.17, 15) is 29.9 Å². The maximum absolute atomic E-state index is 13.2. The molecule has 1 aromatic rings. The summed E-state index contributed by atoms with van der Waals surface area (Å²) in [6.07, 6.45) is 4.54. The van der Waals surface area contributed by atoms with Crippen molar-refractivity contribution in [2.45, 2.75) is 162 Å². The molecule has 2 aliphatic heterocycles. The highest BCUT2D eigenvalue weighted by molar-refractivity contribution is 7.47. The lowest BCUT2D eigenvalue weighted by atomic mass is 9.84. The van der Waals surface area contributed by atoms with E-state index >= 15 is 0 Å². The normalized spacial score (nSPS) is 28.0. The van der Waals surface area contributed by atoms with Gasteiger partial charge in [0.1, 0.15) is 41.5 Å². The number of hydrogen-bond donors (Lipinski definition) is 5. The molecule has 0 spiro atoms. The van der Waals surface area contributed by atoms with Crippen LogP contribution in [-0.2, 0) is 20.2 Å². The predicted molar refractivity (Wildman–Crippen MR) is 178 cm³/mol. The Morgan fingerprint density at radius 3 is 2.11 bits per heavy atom. The van der Waals surface area contributed by atoms with E-state index in [1.54, 1.807) is 6.92 Å². The van der Waals surface area contributed by atoms with Gasteiger partial charge >= 0.3 is 7.82 Å². The summed E-state index contributed by atoms with van der Waals surface area (Å²) in [4.78, 5) is 10.7. The summed E-state index contributed by atoms with van der Waals surface area (Å²) in [5, 5.41) is 39.4. The number of aliphatic hydroxyl groups is 4. The minimum atomic E-state index is -4.88. The first-order valence-electron chi connectivity index (χ1n) is 17.3. The third-order valence-corrected chi connectivity index (χ3v) is 11.0. The smallest absolute Gasteiger partial charge is 0.487 e. The van der Waals surface area contributed by atoms with E-state index in [4.69, 9.17) is 18.5 Å². The summed E-state index contributed by atoms with van der Waals surface area (Å²) in [5.41, 5.74) is 2.72. The van der Waals surface area contributed by atoms with Gasteiger partial charge in [-0.15, -0.1) is 0 Å². The van der Waals surface area contributed by atoms with Gasteiger partial charge in [-0.2, -0.15) is 0 Å². The summed E-state index contributed by atoms with van der Waals surface area (Å²) in [5.74, 6) is 3.26.